The van der Waals surface area contributed by atoms with Gasteiger partial charge >= 0.3 is 0 Å². The highest BCUT2D eigenvalue weighted by Crippen LogP contribution is 2.18. The molecule has 1 rings (SSSR count). The molecule has 0 unspecified atom stereocenters. The van der Waals surface area contributed by atoms with Crippen molar-refractivity contribution in [2.45, 2.75) is 18.2 Å². The largest absolute Gasteiger partial charge is 0.263 e. The van der Waals surface area contributed by atoms with E-state index in [1.165, 1.54) is 18.5 Å². The summed E-state index contributed by atoms with van der Waals surface area (Å²) in [5, 5.41) is 0.184. The Hall–Kier alpha value is -0.650. The van der Waals surface area contributed by atoms with Crippen LogP contribution in [0, 0.1) is 0 Å². The standard InChI is InChI=1S/C8H11ClN2O2S/c1-2-4-11-14(12,13)8-6-10-5-3-7(8)9/h3,5-6,11H,2,4H2,1H3. The molecule has 1 heterocycles. The molecule has 0 fully saturated rings. The SMILES string of the molecule is CCCNS(=O)(=O)c1cnccc1Cl. The van der Waals surface area contributed by atoms with Gasteiger partial charge in [0.05, 0.1) is 5.02 Å². The fourth-order valence-electron chi connectivity index (χ4n) is 0.875. The fraction of sp³-hybridized carbons (Fsp3) is 0.375. The van der Waals surface area contributed by atoms with E-state index >= 15 is 0 Å². The summed E-state index contributed by atoms with van der Waals surface area (Å²) in [5.41, 5.74) is 0. The Morgan fingerprint density at radius 2 is 2.29 bits per heavy atom. The van der Waals surface area contributed by atoms with Gasteiger partial charge in [0, 0.05) is 18.9 Å². The van der Waals surface area contributed by atoms with Crippen molar-refractivity contribution in [2.24, 2.45) is 0 Å². The van der Waals surface area contributed by atoms with Crippen LogP contribution in [0.5, 0.6) is 0 Å². The molecule has 4 nitrogen and oxygen atoms in total. The van der Waals surface area contributed by atoms with Crippen LogP contribution in [0.1, 0.15) is 13.3 Å². The van der Waals surface area contributed by atoms with Gasteiger partial charge < -0.3 is 0 Å². The van der Waals surface area contributed by atoms with Crippen molar-refractivity contribution in [3.8, 4) is 0 Å². The molecule has 14 heavy (non-hydrogen) atoms. The van der Waals surface area contributed by atoms with Gasteiger partial charge in [0.25, 0.3) is 0 Å². The molecule has 0 saturated heterocycles. The van der Waals surface area contributed by atoms with E-state index in [9.17, 15) is 8.42 Å². The van der Waals surface area contributed by atoms with E-state index in [1.54, 1.807) is 0 Å². The Kier molecular flexibility index (Phi) is 3.86. The number of nitrogens with one attached hydrogen (secondary N) is 1. The van der Waals surface area contributed by atoms with Crippen LogP contribution in [0.25, 0.3) is 0 Å². The van der Waals surface area contributed by atoms with Gasteiger partial charge in [0.1, 0.15) is 4.90 Å². The summed E-state index contributed by atoms with van der Waals surface area (Å²) in [5.74, 6) is 0. The van der Waals surface area contributed by atoms with E-state index in [0.717, 1.165) is 6.42 Å². The van der Waals surface area contributed by atoms with Crippen LogP contribution in [0.3, 0.4) is 0 Å². The minimum absolute atomic E-state index is 0.0233. The van der Waals surface area contributed by atoms with Gasteiger partial charge in [0.15, 0.2) is 0 Å². The van der Waals surface area contributed by atoms with E-state index in [0.29, 0.717) is 6.54 Å². The molecule has 1 aromatic rings. The van der Waals surface area contributed by atoms with E-state index in [4.69, 9.17) is 11.6 Å². The Labute approximate surface area is 88.4 Å². The highest BCUT2D eigenvalue weighted by molar-refractivity contribution is 7.89. The van der Waals surface area contributed by atoms with E-state index in [2.05, 4.69) is 9.71 Å². The van der Waals surface area contributed by atoms with Crippen LogP contribution in [-0.2, 0) is 10.0 Å². The molecule has 0 amide bonds. The number of nitrogens with zero attached hydrogens (tertiary/aromatic N) is 1. The summed E-state index contributed by atoms with van der Waals surface area (Å²) in [6.07, 6.45) is 3.42. The second-order valence-corrected chi connectivity index (χ2v) is 4.85. The van der Waals surface area contributed by atoms with Gasteiger partial charge in [-0.05, 0) is 12.5 Å². The van der Waals surface area contributed by atoms with Crippen molar-refractivity contribution < 1.29 is 8.42 Å². The average Bonchev–Trinajstić information content (AvgIpc) is 2.15. The van der Waals surface area contributed by atoms with Gasteiger partial charge in [-0.1, -0.05) is 18.5 Å². The van der Waals surface area contributed by atoms with Gasteiger partial charge in [-0.2, -0.15) is 0 Å². The molecule has 0 aromatic carbocycles. The third kappa shape index (κ3) is 2.67. The minimum atomic E-state index is -3.50. The van der Waals surface area contributed by atoms with Crippen LogP contribution in [-0.4, -0.2) is 19.9 Å². The Morgan fingerprint density at radius 3 is 2.86 bits per heavy atom. The number of rotatable bonds is 4. The van der Waals surface area contributed by atoms with Crippen molar-refractivity contribution in [3.05, 3.63) is 23.5 Å². The Balaban J connectivity index is 2.99. The predicted octanol–water partition coefficient (Wildman–Crippen LogP) is 1.42. The maximum absolute atomic E-state index is 11.6. The van der Waals surface area contributed by atoms with Crippen LogP contribution in [0.2, 0.25) is 5.02 Å². The Bertz CT molecular complexity index is 406. The molecule has 0 aliphatic rings. The highest BCUT2D eigenvalue weighted by Gasteiger charge is 2.16. The highest BCUT2D eigenvalue weighted by atomic mass is 35.5. The molecule has 0 saturated carbocycles. The normalized spacial score (nSPS) is 11.6. The van der Waals surface area contributed by atoms with Crippen molar-refractivity contribution in [2.75, 3.05) is 6.54 Å². The molecule has 0 aliphatic carbocycles. The second-order valence-electron chi connectivity index (χ2n) is 2.70. The second kappa shape index (κ2) is 4.72. The van der Waals surface area contributed by atoms with Gasteiger partial charge in [-0.25, -0.2) is 13.1 Å². The van der Waals surface area contributed by atoms with Crippen LogP contribution < -0.4 is 4.72 Å². The van der Waals surface area contributed by atoms with Gasteiger partial charge in [-0.3, -0.25) is 4.98 Å². The lowest BCUT2D eigenvalue weighted by atomic mass is 10.5. The van der Waals surface area contributed by atoms with Crippen molar-refractivity contribution in [1.82, 2.24) is 9.71 Å². The molecule has 0 bridgehead atoms. The lowest BCUT2D eigenvalue weighted by Crippen LogP contribution is -2.24. The van der Waals surface area contributed by atoms with Crippen LogP contribution >= 0.6 is 11.6 Å². The first-order chi connectivity index (χ1) is 6.58. The lowest BCUT2D eigenvalue weighted by molar-refractivity contribution is 0.580. The van der Waals surface area contributed by atoms with E-state index in [-0.39, 0.29) is 9.92 Å². The summed E-state index contributed by atoms with van der Waals surface area (Å²) < 4.78 is 25.6. The molecule has 78 valence electrons. The maximum atomic E-state index is 11.6. The van der Waals surface area contributed by atoms with E-state index in [1.807, 2.05) is 6.92 Å². The number of halogens is 1. The number of hydrogen-bond acceptors (Lipinski definition) is 3. The van der Waals surface area contributed by atoms with Crippen molar-refractivity contribution in [1.29, 1.82) is 0 Å². The Morgan fingerprint density at radius 1 is 1.57 bits per heavy atom. The third-order valence-corrected chi connectivity index (χ3v) is 3.50. The van der Waals surface area contributed by atoms with Gasteiger partial charge in [-0.15, -0.1) is 0 Å². The first-order valence-electron chi connectivity index (χ1n) is 4.17. The smallest absolute Gasteiger partial charge is 0.243 e. The number of hydrogen-bond donors (Lipinski definition) is 1. The molecule has 0 atom stereocenters. The molecule has 1 aromatic heterocycles. The molecule has 0 spiro atoms. The van der Waals surface area contributed by atoms with Crippen LogP contribution in [0.15, 0.2) is 23.4 Å². The summed E-state index contributed by atoms with van der Waals surface area (Å²) in [7, 11) is -3.50. The van der Waals surface area contributed by atoms with Crippen LogP contribution in [0.4, 0.5) is 0 Å². The summed E-state index contributed by atoms with van der Waals surface area (Å²) in [6.45, 7) is 2.28. The fourth-order valence-corrected chi connectivity index (χ4v) is 2.44. The molecule has 6 heteroatoms. The molecule has 0 radical (unpaired) electrons. The molecule has 1 N–H and O–H groups in total. The monoisotopic (exact) mass is 234 g/mol. The molecular formula is C8H11ClN2O2S. The average molecular weight is 235 g/mol. The quantitative estimate of drug-likeness (QED) is 0.857. The first kappa shape index (κ1) is 11.4. The van der Waals surface area contributed by atoms with Gasteiger partial charge in [0.2, 0.25) is 10.0 Å². The van der Waals surface area contributed by atoms with Crippen molar-refractivity contribution >= 4 is 21.6 Å². The molecular weight excluding hydrogens is 224 g/mol. The maximum Gasteiger partial charge on any atom is 0.243 e. The zero-order valence-corrected chi connectivity index (χ0v) is 9.27. The number of sulfonamides is 1. The third-order valence-electron chi connectivity index (χ3n) is 1.57. The topological polar surface area (TPSA) is 59.1 Å². The number of pyridine rings is 1. The zero-order valence-electron chi connectivity index (χ0n) is 7.70. The van der Waals surface area contributed by atoms with E-state index < -0.39 is 10.0 Å². The number of aromatic nitrogens is 1. The predicted molar refractivity (Wildman–Crippen MR) is 54.7 cm³/mol. The zero-order chi connectivity index (χ0) is 10.6. The lowest BCUT2D eigenvalue weighted by Gasteiger charge is -2.05. The first-order valence-corrected chi connectivity index (χ1v) is 6.03. The summed E-state index contributed by atoms with van der Waals surface area (Å²) >= 11 is 5.73. The minimum Gasteiger partial charge on any atom is -0.263 e. The summed E-state index contributed by atoms with van der Waals surface area (Å²) in [4.78, 5) is 3.74. The van der Waals surface area contributed by atoms with Crippen molar-refractivity contribution in [3.63, 3.8) is 0 Å². The summed E-state index contributed by atoms with van der Waals surface area (Å²) in [6, 6.07) is 1.45. The molecule has 0 aliphatic heterocycles.